The molecule has 1 radical (unpaired) electrons. The number of halogens is 1. The molecule has 0 aliphatic heterocycles. The fourth-order valence-electron chi connectivity index (χ4n) is 0.868. The van der Waals surface area contributed by atoms with Crippen LogP contribution in [-0.4, -0.2) is 0 Å². The normalized spacial score (nSPS) is 9.55. The lowest BCUT2D eigenvalue weighted by molar-refractivity contribution is 0.989. The summed E-state index contributed by atoms with van der Waals surface area (Å²) in [5.41, 5.74) is 1.28. The minimum absolute atomic E-state index is 0.720. The van der Waals surface area contributed by atoms with Gasteiger partial charge in [0.05, 0.1) is 0 Å². The Bertz CT molecular complexity index is 226. The van der Waals surface area contributed by atoms with Gasteiger partial charge >= 0.3 is 0 Å². The van der Waals surface area contributed by atoms with Crippen molar-refractivity contribution in [2.24, 2.45) is 0 Å². The van der Waals surface area contributed by atoms with Crippen molar-refractivity contribution < 1.29 is 0 Å². The number of aryl methyl sites for hydroxylation is 1. The van der Waals surface area contributed by atoms with Crippen molar-refractivity contribution in [1.82, 2.24) is 0 Å². The molecule has 0 saturated heterocycles. The second-order valence-corrected chi connectivity index (χ2v) is 2.96. The highest BCUT2D eigenvalue weighted by molar-refractivity contribution is 6.29. The van der Waals surface area contributed by atoms with Crippen molar-refractivity contribution in [2.45, 2.75) is 12.8 Å². The topological polar surface area (TPSA) is 0 Å². The van der Waals surface area contributed by atoms with Crippen molar-refractivity contribution in [3.05, 3.63) is 47.5 Å². The van der Waals surface area contributed by atoms with E-state index < -0.39 is 0 Å². The second kappa shape index (κ2) is 4.20. The Labute approximate surface area is 72.5 Å². The Morgan fingerprint density at radius 1 is 1.45 bits per heavy atom. The molecule has 0 aliphatic rings. The summed E-state index contributed by atoms with van der Waals surface area (Å²) in [6.45, 7) is 3.63. The van der Waals surface area contributed by atoms with E-state index in [-0.39, 0.29) is 0 Å². The summed E-state index contributed by atoms with van der Waals surface area (Å²) in [6, 6.07) is 10.9. The molecule has 0 atom stereocenters. The fraction of sp³-hybridized carbons (Fsp3) is 0.200. The maximum absolute atomic E-state index is 5.63. The zero-order valence-corrected chi connectivity index (χ0v) is 7.06. The van der Waals surface area contributed by atoms with E-state index >= 15 is 0 Å². The SMILES string of the molecule is C=C(Cl)CCc1cc[c]cc1. The van der Waals surface area contributed by atoms with Gasteiger partial charge in [-0.25, -0.2) is 0 Å². The molecule has 0 spiro atoms. The van der Waals surface area contributed by atoms with E-state index in [2.05, 4.69) is 12.6 Å². The Morgan fingerprint density at radius 3 is 2.64 bits per heavy atom. The predicted octanol–water partition coefficient (Wildman–Crippen LogP) is 3.17. The van der Waals surface area contributed by atoms with Crippen LogP contribution in [0, 0.1) is 6.07 Å². The van der Waals surface area contributed by atoms with E-state index in [0.29, 0.717) is 0 Å². The van der Waals surface area contributed by atoms with Crippen LogP contribution in [-0.2, 0) is 6.42 Å². The molecule has 0 nitrogen and oxygen atoms in total. The molecule has 0 saturated carbocycles. The van der Waals surface area contributed by atoms with Crippen LogP contribution < -0.4 is 0 Å². The molecule has 0 aromatic heterocycles. The minimum atomic E-state index is 0.720. The maximum atomic E-state index is 5.63. The summed E-state index contributed by atoms with van der Waals surface area (Å²) in [4.78, 5) is 0. The van der Waals surface area contributed by atoms with Crippen molar-refractivity contribution in [1.29, 1.82) is 0 Å². The molecule has 0 amide bonds. The first kappa shape index (κ1) is 8.35. The lowest BCUT2D eigenvalue weighted by Gasteiger charge is -1.97. The smallest absolute Gasteiger partial charge is 0.0112 e. The lowest BCUT2D eigenvalue weighted by Crippen LogP contribution is -1.82. The van der Waals surface area contributed by atoms with Gasteiger partial charge in [0.2, 0.25) is 0 Å². The number of allylic oxidation sites excluding steroid dienone is 1. The Balaban J connectivity index is 2.45. The number of hydrogen-bond donors (Lipinski definition) is 0. The van der Waals surface area contributed by atoms with Gasteiger partial charge in [-0.15, -0.1) is 0 Å². The first-order chi connectivity index (χ1) is 5.29. The highest BCUT2D eigenvalue weighted by atomic mass is 35.5. The molecule has 1 rings (SSSR count). The van der Waals surface area contributed by atoms with Crippen molar-refractivity contribution >= 4 is 11.6 Å². The Kier molecular flexibility index (Phi) is 3.18. The summed E-state index contributed by atoms with van der Waals surface area (Å²) >= 11 is 5.63. The van der Waals surface area contributed by atoms with Crippen LogP contribution in [0.5, 0.6) is 0 Å². The predicted molar refractivity (Wildman–Crippen MR) is 48.6 cm³/mol. The molecule has 1 heteroatoms. The number of benzene rings is 1. The molecular formula is C10H10Cl. The van der Waals surface area contributed by atoms with Crippen molar-refractivity contribution in [2.75, 3.05) is 0 Å². The summed E-state index contributed by atoms with van der Waals surface area (Å²) in [5, 5.41) is 0.720. The summed E-state index contributed by atoms with van der Waals surface area (Å²) < 4.78 is 0. The standard InChI is InChI=1S/C10H10Cl/c1-9(11)7-8-10-5-3-2-4-6-10/h3-6H,1,7-8H2. The fourth-order valence-corrected chi connectivity index (χ4v) is 0.963. The van der Waals surface area contributed by atoms with Gasteiger partial charge in [0, 0.05) is 5.03 Å². The largest absolute Gasteiger partial charge is 0.0898 e. The van der Waals surface area contributed by atoms with Crippen LogP contribution in [0.15, 0.2) is 35.9 Å². The summed E-state index contributed by atoms with van der Waals surface area (Å²) in [7, 11) is 0. The first-order valence-corrected chi connectivity index (χ1v) is 3.95. The van der Waals surface area contributed by atoms with Gasteiger partial charge in [0.25, 0.3) is 0 Å². The van der Waals surface area contributed by atoms with Crippen LogP contribution in [0.1, 0.15) is 12.0 Å². The van der Waals surface area contributed by atoms with E-state index in [1.165, 1.54) is 5.56 Å². The van der Waals surface area contributed by atoms with E-state index in [1.54, 1.807) is 0 Å². The van der Waals surface area contributed by atoms with Crippen LogP contribution in [0.3, 0.4) is 0 Å². The quantitative estimate of drug-likeness (QED) is 0.646. The molecule has 0 heterocycles. The van der Waals surface area contributed by atoms with Gasteiger partial charge in [0.1, 0.15) is 0 Å². The minimum Gasteiger partial charge on any atom is -0.0898 e. The zero-order chi connectivity index (χ0) is 8.10. The van der Waals surface area contributed by atoms with Gasteiger partial charge in [-0.05, 0) is 24.5 Å². The van der Waals surface area contributed by atoms with Gasteiger partial charge in [-0.3, -0.25) is 0 Å². The van der Waals surface area contributed by atoms with E-state index in [9.17, 15) is 0 Å². The maximum Gasteiger partial charge on any atom is 0.0112 e. The van der Waals surface area contributed by atoms with Crippen molar-refractivity contribution in [3.8, 4) is 0 Å². The molecular weight excluding hydrogens is 156 g/mol. The molecule has 1 aromatic rings. The molecule has 11 heavy (non-hydrogen) atoms. The third-order valence-corrected chi connectivity index (χ3v) is 1.66. The van der Waals surface area contributed by atoms with E-state index in [0.717, 1.165) is 17.9 Å². The molecule has 57 valence electrons. The number of rotatable bonds is 3. The lowest BCUT2D eigenvalue weighted by atomic mass is 10.1. The van der Waals surface area contributed by atoms with Crippen molar-refractivity contribution in [3.63, 3.8) is 0 Å². The van der Waals surface area contributed by atoms with Crippen LogP contribution in [0.25, 0.3) is 0 Å². The van der Waals surface area contributed by atoms with Gasteiger partial charge in [-0.1, -0.05) is 42.4 Å². The Hall–Kier alpha value is -0.750. The molecule has 1 aromatic carbocycles. The van der Waals surface area contributed by atoms with Gasteiger partial charge in [-0.2, -0.15) is 0 Å². The second-order valence-electron chi connectivity index (χ2n) is 2.43. The third-order valence-electron chi connectivity index (χ3n) is 1.47. The third kappa shape index (κ3) is 3.24. The molecule has 0 N–H and O–H groups in total. The van der Waals surface area contributed by atoms with Gasteiger partial charge in [0.15, 0.2) is 0 Å². The van der Waals surface area contributed by atoms with E-state index in [1.807, 2.05) is 24.3 Å². The summed E-state index contributed by atoms with van der Waals surface area (Å²) in [6.07, 6.45) is 1.82. The highest BCUT2D eigenvalue weighted by Crippen LogP contribution is 2.09. The average Bonchev–Trinajstić information content (AvgIpc) is 2.03. The molecule has 0 aliphatic carbocycles. The highest BCUT2D eigenvalue weighted by Gasteiger charge is 1.91. The van der Waals surface area contributed by atoms with Gasteiger partial charge < -0.3 is 0 Å². The Morgan fingerprint density at radius 2 is 2.09 bits per heavy atom. The summed E-state index contributed by atoms with van der Waals surface area (Å²) in [5.74, 6) is 0. The monoisotopic (exact) mass is 165 g/mol. The van der Waals surface area contributed by atoms with E-state index in [4.69, 9.17) is 11.6 Å². The number of hydrogen-bond acceptors (Lipinski definition) is 0. The molecule has 0 bridgehead atoms. The molecule has 0 fully saturated rings. The van der Waals surface area contributed by atoms with Crippen LogP contribution in [0.4, 0.5) is 0 Å². The first-order valence-electron chi connectivity index (χ1n) is 3.57. The van der Waals surface area contributed by atoms with Crippen LogP contribution in [0.2, 0.25) is 0 Å². The average molecular weight is 166 g/mol. The molecule has 0 unspecified atom stereocenters. The zero-order valence-electron chi connectivity index (χ0n) is 6.31. The van der Waals surface area contributed by atoms with Crippen LogP contribution >= 0.6 is 11.6 Å².